The van der Waals surface area contributed by atoms with Crippen LogP contribution in [-0.2, 0) is 9.59 Å². The molecule has 0 spiro atoms. The topological polar surface area (TPSA) is 82.0 Å². The minimum atomic E-state index is -0.301. The minimum absolute atomic E-state index is 0.104. The van der Waals surface area contributed by atoms with Crippen molar-refractivity contribution in [2.75, 3.05) is 11.1 Å². The van der Waals surface area contributed by atoms with Crippen LogP contribution in [-0.4, -0.2) is 17.6 Å². The zero-order valence-corrected chi connectivity index (χ0v) is 19.1. The standard InChI is InChI=1S/C25H27N3O2S/c1-15(2)18-6-8-19(9-7-18)21-12-23(29)28-25(22(21)13-26)31-14-24(30)27-20-10-5-16(3)17(4)11-20/h5-11,15,21H,12,14H2,1-4H3,(H,27,30)(H,28,29). The van der Waals surface area contributed by atoms with Gasteiger partial charge >= 0.3 is 0 Å². The molecule has 0 bridgehead atoms. The van der Waals surface area contributed by atoms with Crippen LogP contribution in [0.3, 0.4) is 0 Å². The molecule has 2 amide bonds. The monoisotopic (exact) mass is 433 g/mol. The summed E-state index contributed by atoms with van der Waals surface area (Å²) in [5, 5.41) is 15.9. The first kappa shape index (κ1) is 22.6. The molecule has 0 radical (unpaired) electrons. The van der Waals surface area contributed by atoms with Gasteiger partial charge in [0, 0.05) is 18.0 Å². The molecular formula is C25H27N3O2S. The number of hydrogen-bond acceptors (Lipinski definition) is 4. The summed E-state index contributed by atoms with van der Waals surface area (Å²) in [6.45, 7) is 8.27. The Bertz CT molecular complexity index is 1070. The van der Waals surface area contributed by atoms with Gasteiger partial charge in [-0.2, -0.15) is 5.26 Å². The highest BCUT2D eigenvalue weighted by Crippen LogP contribution is 2.36. The normalized spacial score (nSPS) is 16.1. The van der Waals surface area contributed by atoms with Gasteiger partial charge in [-0.1, -0.05) is 55.9 Å². The fourth-order valence-corrected chi connectivity index (χ4v) is 4.36. The van der Waals surface area contributed by atoms with Crippen LogP contribution in [0.25, 0.3) is 0 Å². The van der Waals surface area contributed by atoms with Crippen LogP contribution in [0.5, 0.6) is 0 Å². The lowest BCUT2D eigenvalue weighted by molar-refractivity contribution is -0.121. The van der Waals surface area contributed by atoms with E-state index in [0.29, 0.717) is 16.5 Å². The van der Waals surface area contributed by atoms with Gasteiger partial charge in [-0.15, -0.1) is 0 Å². The van der Waals surface area contributed by atoms with Crippen molar-refractivity contribution in [1.82, 2.24) is 5.32 Å². The average molecular weight is 434 g/mol. The molecule has 1 heterocycles. The number of benzene rings is 2. The Hall–Kier alpha value is -3.04. The molecule has 1 aliphatic rings. The molecule has 0 aliphatic carbocycles. The van der Waals surface area contributed by atoms with Crippen molar-refractivity contribution < 1.29 is 9.59 Å². The summed E-state index contributed by atoms with van der Waals surface area (Å²) in [5.41, 5.74) is 5.65. The highest BCUT2D eigenvalue weighted by Gasteiger charge is 2.30. The number of hydrogen-bond donors (Lipinski definition) is 2. The zero-order valence-electron chi connectivity index (χ0n) is 18.3. The van der Waals surface area contributed by atoms with E-state index in [9.17, 15) is 14.9 Å². The largest absolute Gasteiger partial charge is 0.325 e. The molecule has 0 aromatic heterocycles. The molecule has 1 atom stereocenters. The van der Waals surface area contributed by atoms with Gasteiger partial charge in [0.2, 0.25) is 11.8 Å². The molecule has 1 unspecified atom stereocenters. The molecule has 1 aliphatic heterocycles. The van der Waals surface area contributed by atoms with Gasteiger partial charge in [0.25, 0.3) is 0 Å². The maximum atomic E-state index is 12.4. The number of nitrogens with zero attached hydrogens (tertiary/aromatic N) is 1. The number of amides is 2. The number of aryl methyl sites for hydroxylation is 2. The van der Waals surface area contributed by atoms with Crippen molar-refractivity contribution in [3.8, 4) is 6.07 Å². The van der Waals surface area contributed by atoms with Crippen molar-refractivity contribution in [1.29, 1.82) is 5.26 Å². The van der Waals surface area contributed by atoms with Crippen molar-refractivity contribution in [2.45, 2.75) is 46.0 Å². The van der Waals surface area contributed by atoms with Crippen LogP contribution in [0.4, 0.5) is 5.69 Å². The second-order valence-electron chi connectivity index (χ2n) is 8.12. The van der Waals surface area contributed by atoms with Crippen LogP contribution in [0.2, 0.25) is 0 Å². The SMILES string of the molecule is Cc1ccc(NC(=O)CSC2=C(C#N)C(c3ccc(C(C)C)cc3)CC(=O)N2)cc1C. The molecule has 5 nitrogen and oxygen atoms in total. The Morgan fingerprint density at radius 3 is 2.52 bits per heavy atom. The molecule has 160 valence electrons. The van der Waals surface area contributed by atoms with Crippen molar-refractivity contribution >= 4 is 29.3 Å². The van der Waals surface area contributed by atoms with Crippen molar-refractivity contribution in [2.24, 2.45) is 0 Å². The lowest BCUT2D eigenvalue weighted by atomic mass is 9.86. The zero-order chi connectivity index (χ0) is 22.5. The van der Waals surface area contributed by atoms with Gasteiger partial charge in [0.15, 0.2) is 0 Å². The fourth-order valence-electron chi connectivity index (χ4n) is 3.48. The molecule has 0 saturated heterocycles. The number of allylic oxidation sites excluding steroid dienone is 1. The van der Waals surface area contributed by atoms with Crippen LogP contribution in [0.1, 0.15) is 54.4 Å². The van der Waals surface area contributed by atoms with Gasteiger partial charge in [0.1, 0.15) is 0 Å². The van der Waals surface area contributed by atoms with E-state index in [-0.39, 0.29) is 29.9 Å². The fraction of sp³-hybridized carbons (Fsp3) is 0.320. The van der Waals surface area contributed by atoms with Gasteiger partial charge < -0.3 is 10.6 Å². The van der Waals surface area contributed by atoms with Crippen LogP contribution in [0, 0.1) is 25.2 Å². The van der Waals surface area contributed by atoms with E-state index in [2.05, 4.69) is 30.6 Å². The highest BCUT2D eigenvalue weighted by molar-refractivity contribution is 8.03. The maximum Gasteiger partial charge on any atom is 0.234 e. The van der Waals surface area contributed by atoms with E-state index in [0.717, 1.165) is 22.4 Å². The third-order valence-corrected chi connectivity index (χ3v) is 6.52. The third kappa shape index (κ3) is 5.56. The first-order chi connectivity index (χ1) is 14.8. The minimum Gasteiger partial charge on any atom is -0.325 e. The summed E-state index contributed by atoms with van der Waals surface area (Å²) in [6.07, 6.45) is 0.225. The molecule has 31 heavy (non-hydrogen) atoms. The second kappa shape index (κ2) is 9.84. The number of carbonyl (C=O) groups excluding carboxylic acids is 2. The van der Waals surface area contributed by atoms with Gasteiger partial charge in [-0.3, -0.25) is 9.59 Å². The van der Waals surface area contributed by atoms with E-state index in [4.69, 9.17) is 0 Å². The molecule has 0 fully saturated rings. The number of nitriles is 1. The Morgan fingerprint density at radius 1 is 1.19 bits per heavy atom. The predicted molar refractivity (Wildman–Crippen MR) is 126 cm³/mol. The van der Waals surface area contributed by atoms with Crippen molar-refractivity contribution in [3.05, 3.63) is 75.3 Å². The van der Waals surface area contributed by atoms with E-state index in [1.54, 1.807) is 0 Å². The van der Waals surface area contributed by atoms with Gasteiger partial charge in [-0.25, -0.2) is 0 Å². The van der Waals surface area contributed by atoms with Crippen LogP contribution < -0.4 is 10.6 Å². The summed E-state index contributed by atoms with van der Waals surface area (Å²) in [5.74, 6) is -0.112. The Balaban J connectivity index is 1.74. The Morgan fingerprint density at radius 2 is 1.90 bits per heavy atom. The summed E-state index contributed by atoms with van der Waals surface area (Å²) in [6, 6.07) is 16.1. The number of carbonyl (C=O) groups is 2. The molecule has 6 heteroatoms. The predicted octanol–water partition coefficient (Wildman–Crippen LogP) is 5.14. The Labute approximate surface area is 187 Å². The van der Waals surface area contributed by atoms with E-state index in [1.165, 1.54) is 17.3 Å². The van der Waals surface area contributed by atoms with E-state index >= 15 is 0 Å². The molecule has 2 aromatic carbocycles. The summed E-state index contributed by atoms with van der Waals surface area (Å²) < 4.78 is 0. The van der Waals surface area contributed by atoms with Gasteiger partial charge in [-0.05, 0) is 54.2 Å². The number of rotatable bonds is 6. The van der Waals surface area contributed by atoms with Crippen LogP contribution in [0.15, 0.2) is 53.1 Å². The van der Waals surface area contributed by atoms with Gasteiger partial charge in [0.05, 0.1) is 22.4 Å². The maximum absolute atomic E-state index is 12.4. The second-order valence-corrected chi connectivity index (χ2v) is 9.10. The lowest BCUT2D eigenvalue weighted by Gasteiger charge is -2.25. The highest BCUT2D eigenvalue weighted by atomic mass is 32.2. The first-order valence-electron chi connectivity index (χ1n) is 10.3. The molecular weight excluding hydrogens is 406 g/mol. The lowest BCUT2D eigenvalue weighted by Crippen LogP contribution is -2.31. The van der Waals surface area contributed by atoms with E-state index < -0.39 is 0 Å². The molecule has 2 aromatic rings. The molecule has 2 N–H and O–H groups in total. The van der Waals surface area contributed by atoms with Crippen molar-refractivity contribution in [3.63, 3.8) is 0 Å². The van der Waals surface area contributed by atoms with E-state index in [1.807, 2.05) is 56.3 Å². The van der Waals surface area contributed by atoms with Crippen LogP contribution >= 0.6 is 11.8 Å². The molecule has 3 rings (SSSR count). The number of nitrogens with one attached hydrogen (secondary N) is 2. The number of thioether (sulfide) groups is 1. The quantitative estimate of drug-likeness (QED) is 0.661. The summed E-state index contributed by atoms with van der Waals surface area (Å²) in [7, 11) is 0. The average Bonchev–Trinajstić information content (AvgIpc) is 2.74. The Kier molecular flexibility index (Phi) is 7.19. The molecule has 0 saturated carbocycles. The first-order valence-corrected chi connectivity index (χ1v) is 11.3. The smallest absolute Gasteiger partial charge is 0.234 e. The summed E-state index contributed by atoms with van der Waals surface area (Å²) >= 11 is 1.19. The third-order valence-electron chi connectivity index (χ3n) is 5.50. The number of anilines is 1. The summed E-state index contributed by atoms with van der Waals surface area (Å²) in [4.78, 5) is 24.8.